The van der Waals surface area contributed by atoms with Gasteiger partial charge in [-0.25, -0.2) is 0 Å². The molecule has 0 fully saturated rings. The molecule has 0 saturated heterocycles. The Kier molecular flexibility index (Phi) is 3.78. The van der Waals surface area contributed by atoms with E-state index in [1.165, 1.54) is 13.8 Å². The predicted octanol–water partition coefficient (Wildman–Crippen LogP) is 2.02. The molecule has 1 aromatic rings. The van der Waals surface area contributed by atoms with Crippen molar-refractivity contribution in [3.63, 3.8) is 0 Å². The van der Waals surface area contributed by atoms with Crippen LogP contribution in [0.15, 0.2) is 12.1 Å². The van der Waals surface area contributed by atoms with Crippen molar-refractivity contribution in [2.75, 3.05) is 12.4 Å². The molecule has 1 aromatic carbocycles. The van der Waals surface area contributed by atoms with Gasteiger partial charge in [-0.2, -0.15) is 0 Å². The average Bonchev–Trinajstić information content (AvgIpc) is 2.19. The quantitative estimate of drug-likeness (QED) is 0.845. The molecule has 0 aromatic heterocycles. The Bertz CT molecular complexity index is 433. The van der Waals surface area contributed by atoms with Gasteiger partial charge in [0.2, 0.25) is 0 Å². The summed E-state index contributed by atoms with van der Waals surface area (Å²) in [6.07, 6.45) is 0. The molecule has 4 nitrogen and oxygen atoms in total. The third kappa shape index (κ3) is 3.20. The molecule has 0 radical (unpaired) electrons. The molecule has 0 bridgehead atoms. The number of hydrogen-bond acceptors (Lipinski definition) is 3. The van der Waals surface area contributed by atoms with Crippen LogP contribution in [0.4, 0.5) is 5.69 Å². The number of carbonyl (C=O) groups is 1. The molecule has 2 N–H and O–H groups in total. The molecule has 0 atom stereocenters. The van der Waals surface area contributed by atoms with Crippen molar-refractivity contribution < 1.29 is 14.6 Å². The highest BCUT2D eigenvalue weighted by Gasteiger charge is 2.25. The normalized spacial score (nSPS) is 11.2. The first-order chi connectivity index (χ1) is 7.75. The molecule has 0 aliphatic heterocycles. The number of aryl methyl sites for hydroxylation is 2. The number of methoxy groups -OCH3 is 1. The third-order valence-corrected chi connectivity index (χ3v) is 2.46. The van der Waals surface area contributed by atoms with Gasteiger partial charge in [0.15, 0.2) is 0 Å². The zero-order valence-electron chi connectivity index (χ0n) is 10.9. The van der Waals surface area contributed by atoms with E-state index in [0.29, 0.717) is 11.4 Å². The van der Waals surface area contributed by atoms with Gasteiger partial charge in [-0.3, -0.25) is 4.79 Å². The third-order valence-electron chi connectivity index (χ3n) is 2.46. The summed E-state index contributed by atoms with van der Waals surface area (Å²) in [6, 6.07) is 3.79. The van der Waals surface area contributed by atoms with Crippen LogP contribution in [-0.4, -0.2) is 23.7 Å². The van der Waals surface area contributed by atoms with E-state index >= 15 is 0 Å². The van der Waals surface area contributed by atoms with Crippen molar-refractivity contribution in [3.8, 4) is 5.75 Å². The summed E-state index contributed by atoms with van der Waals surface area (Å²) in [5.74, 6) is 0.142. The Balaban J connectivity index is 3.10. The van der Waals surface area contributed by atoms with Gasteiger partial charge < -0.3 is 15.2 Å². The number of nitrogens with one attached hydrogen (secondary N) is 1. The van der Waals surface area contributed by atoms with E-state index in [4.69, 9.17) is 4.74 Å². The maximum absolute atomic E-state index is 11.7. The number of aliphatic hydroxyl groups is 1. The highest BCUT2D eigenvalue weighted by molar-refractivity contribution is 5.98. The summed E-state index contributed by atoms with van der Waals surface area (Å²) in [7, 11) is 1.55. The van der Waals surface area contributed by atoms with Crippen LogP contribution in [0.1, 0.15) is 25.0 Å². The Morgan fingerprint density at radius 2 is 1.94 bits per heavy atom. The van der Waals surface area contributed by atoms with Gasteiger partial charge in [0.25, 0.3) is 5.91 Å². The highest BCUT2D eigenvalue weighted by atomic mass is 16.5. The Hall–Kier alpha value is -1.55. The fourth-order valence-electron chi connectivity index (χ4n) is 1.52. The maximum atomic E-state index is 11.7. The summed E-state index contributed by atoms with van der Waals surface area (Å²) in [4.78, 5) is 11.7. The van der Waals surface area contributed by atoms with Crippen LogP contribution >= 0.6 is 0 Å². The van der Waals surface area contributed by atoms with Crippen LogP contribution in [0, 0.1) is 13.8 Å². The van der Waals surface area contributed by atoms with Gasteiger partial charge in [-0.15, -0.1) is 0 Å². The van der Waals surface area contributed by atoms with E-state index in [0.717, 1.165) is 11.1 Å². The first-order valence-electron chi connectivity index (χ1n) is 5.44. The lowest BCUT2D eigenvalue weighted by molar-refractivity contribution is -0.130. The lowest BCUT2D eigenvalue weighted by Crippen LogP contribution is -2.37. The van der Waals surface area contributed by atoms with Gasteiger partial charge in [-0.05, 0) is 44.9 Å². The smallest absolute Gasteiger partial charge is 0.255 e. The van der Waals surface area contributed by atoms with E-state index in [9.17, 15) is 9.90 Å². The van der Waals surface area contributed by atoms with Crippen molar-refractivity contribution in [2.45, 2.75) is 33.3 Å². The Morgan fingerprint density at radius 3 is 2.41 bits per heavy atom. The van der Waals surface area contributed by atoms with Crippen molar-refractivity contribution in [3.05, 3.63) is 23.3 Å². The Morgan fingerprint density at radius 1 is 1.35 bits per heavy atom. The van der Waals surface area contributed by atoms with E-state index < -0.39 is 11.5 Å². The average molecular weight is 237 g/mol. The van der Waals surface area contributed by atoms with Crippen LogP contribution in [0.2, 0.25) is 0 Å². The minimum atomic E-state index is -1.41. The number of carbonyl (C=O) groups excluding carboxylic acids is 1. The predicted molar refractivity (Wildman–Crippen MR) is 67.4 cm³/mol. The van der Waals surface area contributed by atoms with Crippen molar-refractivity contribution >= 4 is 11.6 Å². The number of rotatable bonds is 3. The summed E-state index contributed by atoms with van der Waals surface area (Å²) in [6.45, 7) is 6.73. The molecule has 0 aliphatic rings. The fraction of sp³-hybridized carbons (Fsp3) is 0.462. The minimum absolute atomic E-state index is 0.456. The largest absolute Gasteiger partial charge is 0.495 e. The minimum Gasteiger partial charge on any atom is -0.495 e. The van der Waals surface area contributed by atoms with Crippen LogP contribution in [0.5, 0.6) is 5.75 Å². The zero-order chi connectivity index (χ0) is 13.2. The molecule has 0 aliphatic carbocycles. The molecule has 0 saturated carbocycles. The second kappa shape index (κ2) is 4.75. The van der Waals surface area contributed by atoms with Gasteiger partial charge in [0.05, 0.1) is 12.8 Å². The number of benzene rings is 1. The van der Waals surface area contributed by atoms with Crippen LogP contribution in [-0.2, 0) is 4.79 Å². The number of ether oxygens (including phenoxy) is 1. The molecule has 0 spiro atoms. The first kappa shape index (κ1) is 13.5. The summed E-state index contributed by atoms with van der Waals surface area (Å²) >= 11 is 0. The number of amides is 1. The second-order valence-electron chi connectivity index (χ2n) is 4.67. The zero-order valence-corrected chi connectivity index (χ0v) is 10.9. The van der Waals surface area contributed by atoms with E-state index in [2.05, 4.69) is 5.32 Å². The number of anilines is 1. The lowest BCUT2D eigenvalue weighted by atomic mass is 10.1. The maximum Gasteiger partial charge on any atom is 0.255 e. The van der Waals surface area contributed by atoms with E-state index in [1.807, 2.05) is 26.0 Å². The summed E-state index contributed by atoms with van der Waals surface area (Å²) in [5, 5.41) is 12.3. The standard InChI is InChI=1S/C13H19NO3/c1-8-6-9(2)11(10(7-8)17-5)14-12(15)13(3,4)16/h6-7,16H,1-5H3,(H,14,15). The van der Waals surface area contributed by atoms with E-state index in [1.54, 1.807) is 7.11 Å². The molecule has 1 amide bonds. The SMILES string of the molecule is COc1cc(C)cc(C)c1NC(=O)C(C)(C)O. The van der Waals surface area contributed by atoms with Crippen molar-refractivity contribution in [1.82, 2.24) is 0 Å². The van der Waals surface area contributed by atoms with E-state index in [-0.39, 0.29) is 0 Å². The van der Waals surface area contributed by atoms with Crippen molar-refractivity contribution in [2.24, 2.45) is 0 Å². The topological polar surface area (TPSA) is 58.6 Å². The molecular weight excluding hydrogens is 218 g/mol. The van der Waals surface area contributed by atoms with Crippen LogP contribution in [0.25, 0.3) is 0 Å². The molecule has 4 heteroatoms. The van der Waals surface area contributed by atoms with Gasteiger partial charge in [0.1, 0.15) is 11.4 Å². The molecular formula is C13H19NO3. The summed E-state index contributed by atoms with van der Waals surface area (Å²) in [5.41, 5.74) is 1.15. The number of hydrogen-bond donors (Lipinski definition) is 2. The highest BCUT2D eigenvalue weighted by Crippen LogP contribution is 2.30. The molecule has 0 unspecified atom stereocenters. The molecule has 94 valence electrons. The summed E-state index contributed by atoms with van der Waals surface area (Å²) < 4.78 is 5.22. The van der Waals surface area contributed by atoms with Gasteiger partial charge in [-0.1, -0.05) is 6.07 Å². The monoisotopic (exact) mass is 237 g/mol. The van der Waals surface area contributed by atoms with Crippen LogP contribution < -0.4 is 10.1 Å². The van der Waals surface area contributed by atoms with Crippen molar-refractivity contribution in [1.29, 1.82) is 0 Å². The Labute approximate surface area is 102 Å². The second-order valence-corrected chi connectivity index (χ2v) is 4.67. The fourth-order valence-corrected chi connectivity index (χ4v) is 1.52. The van der Waals surface area contributed by atoms with Gasteiger partial charge in [0, 0.05) is 0 Å². The lowest BCUT2D eigenvalue weighted by Gasteiger charge is -2.19. The van der Waals surface area contributed by atoms with Crippen LogP contribution in [0.3, 0.4) is 0 Å². The molecule has 0 heterocycles. The molecule has 1 rings (SSSR count). The van der Waals surface area contributed by atoms with Gasteiger partial charge >= 0.3 is 0 Å². The molecule has 17 heavy (non-hydrogen) atoms. The first-order valence-corrected chi connectivity index (χ1v) is 5.44.